The van der Waals surface area contributed by atoms with Crippen LogP contribution in [0.1, 0.15) is 34.6 Å². The molecule has 1 fully saturated rings. The van der Waals surface area contributed by atoms with Gasteiger partial charge in [-0.25, -0.2) is 0 Å². The molecule has 0 bridgehead atoms. The van der Waals surface area contributed by atoms with Gasteiger partial charge in [0, 0.05) is 39.4 Å². The molecule has 2 aromatic carbocycles. The number of hydrogen-bond acceptors (Lipinski definition) is 3. The Morgan fingerprint density at radius 1 is 1.15 bits per heavy atom. The quantitative estimate of drug-likeness (QED) is 0.653. The van der Waals surface area contributed by atoms with E-state index in [2.05, 4.69) is 20.9 Å². The van der Waals surface area contributed by atoms with Crippen molar-refractivity contribution in [3.8, 4) is 0 Å². The first kappa shape index (κ1) is 18.0. The zero-order valence-electron chi connectivity index (χ0n) is 15.1. The van der Waals surface area contributed by atoms with E-state index in [-0.39, 0.29) is 18.1 Å². The summed E-state index contributed by atoms with van der Waals surface area (Å²) >= 11 is 3.43. The number of carbonyl (C=O) groups is 2. The van der Waals surface area contributed by atoms with E-state index < -0.39 is 5.91 Å². The van der Waals surface area contributed by atoms with Gasteiger partial charge in [0.15, 0.2) is 0 Å². The highest BCUT2D eigenvalue weighted by Crippen LogP contribution is 2.31. The van der Waals surface area contributed by atoms with Gasteiger partial charge in [0.05, 0.1) is 23.3 Å². The smallest absolute Gasteiger partial charge is 0.254 e. The van der Waals surface area contributed by atoms with E-state index in [1.807, 2.05) is 43.0 Å². The van der Waals surface area contributed by atoms with Gasteiger partial charge in [-0.15, -0.1) is 0 Å². The Hall–Kier alpha value is -2.38. The van der Waals surface area contributed by atoms with Gasteiger partial charge in [0.1, 0.15) is 0 Å². The molecule has 0 spiro atoms. The minimum absolute atomic E-state index is 0.0185. The van der Waals surface area contributed by atoms with Gasteiger partial charge in [-0.1, -0.05) is 22.0 Å². The molecule has 0 radical (unpaired) electrons. The Bertz CT molecular complexity index is 1070. The third kappa shape index (κ3) is 3.21. The van der Waals surface area contributed by atoms with Crippen molar-refractivity contribution in [2.24, 2.45) is 5.73 Å². The van der Waals surface area contributed by atoms with Crippen LogP contribution in [0, 0.1) is 0 Å². The number of carbonyl (C=O) groups excluding carboxylic acids is 2. The summed E-state index contributed by atoms with van der Waals surface area (Å²) < 4.78 is 6.49. The fourth-order valence-electron chi connectivity index (χ4n) is 3.82. The van der Waals surface area contributed by atoms with Gasteiger partial charge in [-0.05, 0) is 38.1 Å². The zero-order chi connectivity index (χ0) is 19.3. The van der Waals surface area contributed by atoms with Crippen molar-refractivity contribution in [3.05, 3.63) is 45.9 Å². The number of primary amides is 1. The first-order valence-corrected chi connectivity index (χ1v) is 9.62. The third-order valence-electron chi connectivity index (χ3n) is 4.89. The fraction of sp³-hybridized carbons (Fsp3) is 0.300. The van der Waals surface area contributed by atoms with E-state index in [9.17, 15) is 9.59 Å². The molecule has 140 valence electrons. The summed E-state index contributed by atoms with van der Waals surface area (Å²) in [6.45, 7) is 5.10. The van der Waals surface area contributed by atoms with Gasteiger partial charge < -0.3 is 20.4 Å². The molecule has 27 heavy (non-hydrogen) atoms. The molecular formula is C20H20BrN3O3. The number of rotatable bonds is 2. The number of benzene rings is 2. The van der Waals surface area contributed by atoms with E-state index in [1.54, 1.807) is 6.07 Å². The van der Waals surface area contributed by atoms with Crippen LogP contribution < -0.4 is 5.73 Å². The molecule has 3 N–H and O–H groups in total. The van der Waals surface area contributed by atoms with Crippen LogP contribution in [0.3, 0.4) is 0 Å². The summed E-state index contributed by atoms with van der Waals surface area (Å²) in [5, 5.41) is 1.83. The lowest BCUT2D eigenvalue weighted by Crippen LogP contribution is -2.48. The molecule has 1 saturated heterocycles. The summed E-state index contributed by atoms with van der Waals surface area (Å²) in [7, 11) is 0. The van der Waals surface area contributed by atoms with Crippen LogP contribution in [0.25, 0.3) is 21.8 Å². The predicted molar refractivity (Wildman–Crippen MR) is 108 cm³/mol. The molecule has 7 heteroatoms. The molecule has 3 aromatic rings. The highest BCUT2D eigenvalue weighted by molar-refractivity contribution is 9.10. The molecule has 2 heterocycles. The number of aromatic nitrogens is 1. The van der Waals surface area contributed by atoms with Crippen molar-refractivity contribution in [1.82, 2.24) is 9.88 Å². The number of halogens is 1. The molecule has 1 aliphatic rings. The first-order chi connectivity index (χ1) is 12.8. The maximum atomic E-state index is 13.0. The molecule has 2 atom stereocenters. The Kier molecular flexibility index (Phi) is 4.44. The topological polar surface area (TPSA) is 88.4 Å². The van der Waals surface area contributed by atoms with Gasteiger partial charge in [0.25, 0.3) is 11.8 Å². The van der Waals surface area contributed by atoms with Crippen molar-refractivity contribution in [1.29, 1.82) is 0 Å². The van der Waals surface area contributed by atoms with Crippen LogP contribution in [0.15, 0.2) is 34.8 Å². The normalized spacial score (nSPS) is 20.3. The van der Waals surface area contributed by atoms with Crippen molar-refractivity contribution < 1.29 is 14.3 Å². The Balaban J connectivity index is 1.78. The van der Waals surface area contributed by atoms with Crippen molar-refractivity contribution in [2.45, 2.75) is 26.1 Å². The van der Waals surface area contributed by atoms with Crippen LogP contribution in [0.4, 0.5) is 0 Å². The molecule has 2 amide bonds. The summed E-state index contributed by atoms with van der Waals surface area (Å²) in [6, 6.07) is 9.21. The molecule has 0 saturated carbocycles. The van der Waals surface area contributed by atoms with Crippen LogP contribution >= 0.6 is 15.9 Å². The lowest BCUT2D eigenvalue weighted by atomic mass is 10.1. The number of ether oxygens (including phenoxy) is 1. The Morgan fingerprint density at radius 2 is 1.85 bits per heavy atom. The van der Waals surface area contributed by atoms with E-state index in [1.165, 1.54) is 0 Å². The summed E-state index contributed by atoms with van der Waals surface area (Å²) in [5.41, 5.74) is 8.02. The Labute approximate surface area is 164 Å². The number of fused-ring (bicyclic) bond motifs is 3. The highest BCUT2D eigenvalue weighted by atomic mass is 79.9. The number of nitrogens with zero attached hydrogens (tertiary/aromatic N) is 1. The van der Waals surface area contributed by atoms with Gasteiger partial charge in [-0.3, -0.25) is 9.59 Å². The molecule has 0 unspecified atom stereocenters. The summed E-state index contributed by atoms with van der Waals surface area (Å²) in [4.78, 5) is 29.8. The van der Waals surface area contributed by atoms with Crippen LogP contribution in [-0.4, -0.2) is 47.0 Å². The minimum atomic E-state index is -0.500. The number of nitrogens with one attached hydrogen (secondary N) is 1. The van der Waals surface area contributed by atoms with Crippen LogP contribution in [-0.2, 0) is 4.74 Å². The van der Waals surface area contributed by atoms with Crippen molar-refractivity contribution >= 4 is 49.6 Å². The summed E-state index contributed by atoms with van der Waals surface area (Å²) in [5.74, 6) is -0.519. The second kappa shape index (κ2) is 6.65. The Morgan fingerprint density at radius 3 is 2.52 bits per heavy atom. The summed E-state index contributed by atoms with van der Waals surface area (Å²) in [6.07, 6.45) is 0.0370. The second-order valence-corrected chi connectivity index (χ2v) is 8.01. The fourth-order valence-corrected chi connectivity index (χ4v) is 4.28. The lowest BCUT2D eigenvalue weighted by Gasteiger charge is -2.35. The van der Waals surface area contributed by atoms with E-state index in [0.717, 1.165) is 20.8 Å². The average Bonchev–Trinajstić information content (AvgIpc) is 2.97. The number of H-pyrrole nitrogens is 1. The number of aromatic amines is 1. The van der Waals surface area contributed by atoms with Gasteiger partial charge >= 0.3 is 0 Å². The van der Waals surface area contributed by atoms with Crippen LogP contribution in [0.5, 0.6) is 0 Å². The number of hydrogen-bond donors (Lipinski definition) is 2. The maximum absolute atomic E-state index is 13.0. The highest BCUT2D eigenvalue weighted by Gasteiger charge is 2.27. The van der Waals surface area contributed by atoms with E-state index >= 15 is 0 Å². The lowest BCUT2D eigenvalue weighted by molar-refractivity contribution is -0.0586. The zero-order valence-corrected chi connectivity index (χ0v) is 16.7. The number of amides is 2. The van der Waals surface area contributed by atoms with Crippen molar-refractivity contribution in [2.75, 3.05) is 13.1 Å². The van der Waals surface area contributed by atoms with Crippen molar-refractivity contribution in [3.63, 3.8) is 0 Å². The average molecular weight is 430 g/mol. The standard InChI is InChI=1S/C20H20BrN3O3/c1-10-8-24(9-11(2)27-10)20(26)12-3-4-14-15-6-13(21)7-16(19(22)25)18(15)23-17(14)5-12/h3-7,10-11,23H,8-9H2,1-2H3,(H2,22,25)/t10-,11+. The molecule has 1 aromatic heterocycles. The second-order valence-electron chi connectivity index (χ2n) is 7.09. The molecule has 6 nitrogen and oxygen atoms in total. The monoisotopic (exact) mass is 429 g/mol. The predicted octanol–water partition coefficient (Wildman–Crippen LogP) is 3.43. The van der Waals surface area contributed by atoms with Gasteiger partial charge in [0.2, 0.25) is 0 Å². The van der Waals surface area contributed by atoms with E-state index in [4.69, 9.17) is 10.5 Å². The van der Waals surface area contributed by atoms with Gasteiger partial charge in [-0.2, -0.15) is 0 Å². The van der Waals surface area contributed by atoms with Crippen LogP contribution in [0.2, 0.25) is 0 Å². The third-order valence-corrected chi connectivity index (χ3v) is 5.35. The molecule has 0 aliphatic carbocycles. The van der Waals surface area contributed by atoms with E-state index in [0.29, 0.717) is 29.7 Å². The molecule has 1 aliphatic heterocycles. The molecular weight excluding hydrogens is 410 g/mol. The maximum Gasteiger partial charge on any atom is 0.254 e. The number of morpholine rings is 1. The minimum Gasteiger partial charge on any atom is -0.372 e. The number of nitrogens with two attached hydrogens (primary N) is 1. The first-order valence-electron chi connectivity index (χ1n) is 8.83. The SMILES string of the molecule is C[C@@H]1CN(C(=O)c2ccc3c(c2)[nH]c2c(C(N)=O)cc(Br)cc23)C[C@H](C)O1. The largest absolute Gasteiger partial charge is 0.372 e. The molecule has 4 rings (SSSR count).